The maximum absolute atomic E-state index is 13.0. The number of carbonyl (C=O) groups is 1. The molecule has 1 N–H and O–H groups in total. The Morgan fingerprint density at radius 3 is 2.68 bits per heavy atom. The van der Waals surface area contributed by atoms with E-state index in [4.69, 9.17) is 4.74 Å². The van der Waals surface area contributed by atoms with Crippen molar-refractivity contribution in [3.63, 3.8) is 0 Å². The van der Waals surface area contributed by atoms with Crippen molar-refractivity contribution in [1.82, 2.24) is 4.90 Å². The van der Waals surface area contributed by atoms with Crippen LogP contribution in [0.3, 0.4) is 0 Å². The Hall–Kier alpha value is -2.54. The predicted molar refractivity (Wildman–Crippen MR) is 98.4 cm³/mol. The Balaban J connectivity index is 1.79. The standard InChI is InChI=1S/C21H22F3NO3/c1-14-6-4-8-16(12-14)28-18-10-3-2-9-17(18)20(27)25-11-5-7-15(13-25)19(26)21(22,23)24/h2-4,6,8-10,12,15,19,26H,5,7,11,13H2,1H3. The summed E-state index contributed by atoms with van der Waals surface area (Å²) in [5.74, 6) is -0.509. The number of amides is 1. The van der Waals surface area contributed by atoms with Gasteiger partial charge in [-0.05, 0) is 49.6 Å². The normalized spacial score (nSPS) is 18.6. The summed E-state index contributed by atoms with van der Waals surface area (Å²) in [7, 11) is 0. The summed E-state index contributed by atoms with van der Waals surface area (Å²) in [6, 6.07) is 14.0. The van der Waals surface area contributed by atoms with Crippen LogP contribution >= 0.6 is 0 Å². The molecular weight excluding hydrogens is 371 g/mol. The van der Waals surface area contributed by atoms with Crippen molar-refractivity contribution < 1.29 is 27.8 Å². The van der Waals surface area contributed by atoms with Gasteiger partial charge in [-0.3, -0.25) is 4.79 Å². The van der Waals surface area contributed by atoms with Crippen molar-refractivity contribution >= 4 is 5.91 Å². The number of benzene rings is 2. The van der Waals surface area contributed by atoms with Gasteiger partial charge in [0.2, 0.25) is 0 Å². The molecule has 1 heterocycles. The highest BCUT2D eigenvalue weighted by molar-refractivity contribution is 5.97. The van der Waals surface area contributed by atoms with Crippen LogP contribution < -0.4 is 4.74 Å². The van der Waals surface area contributed by atoms with Gasteiger partial charge in [-0.1, -0.05) is 24.3 Å². The average molecular weight is 393 g/mol. The fraction of sp³-hybridized carbons (Fsp3) is 0.381. The minimum Gasteiger partial charge on any atom is -0.457 e. The monoisotopic (exact) mass is 393 g/mol. The fourth-order valence-corrected chi connectivity index (χ4v) is 3.43. The van der Waals surface area contributed by atoms with Crippen LogP contribution in [0.15, 0.2) is 48.5 Å². The number of nitrogens with zero attached hydrogens (tertiary/aromatic N) is 1. The lowest BCUT2D eigenvalue weighted by molar-refractivity contribution is -0.222. The van der Waals surface area contributed by atoms with E-state index in [9.17, 15) is 23.1 Å². The van der Waals surface area contributed by atoms with Crippen molar-refractivity contribution in [2.75, 3.05) is 13.1 Å². The lowest BCUT2D eigenvalue weighted by Gasteiger charge is -2.35. The average Bonchev–Trinajstić information content (AvgIpc) is 2.67. The fourth-order valence-electron chi connectivity index (χ4n) is 3.43. The molecule has 3 rings (SSSR count). The van der Waals surface area contributed by atoms with Crippen molar-refractivity contribution in [2.45, 2.75) is 32.0 Å². The molecular formula is C21H22F3NO3. The highest BCUT2D eigenvalue weighted by Crippen LogP contribution is 2.32. The molecule has 1 aliphatic heterocycles. The molecule has 0 aliphatic carbocycles. The number of rotatable bonds is 4. The predicted octanol–water partition coefficient (Wildman–Crippen LogP) is 4.56. The number of aryl methyl sites for hydroxylation is 1. The first-order valence-electron chi connectivity index (χ1n) is 9.13. The van der Waals surface area contributed by atoms with Crippen LogP contribution in [0.2, 0.25) is 0 Å². The van der Waals surface area contributed by atoms with Gasteiger partial charge in [-0.2, -0.15) is 13.2 Å². The molecule has 0 saturated carbocycles. The maximum Gasteiger partial charge on any atom is 0.414 e. The van der Waals surface area contributed by atoms with Gasteiger partial charge in [0.25, 0.3) is 5.91 Å². The van der Waals surface area contributed by atoms with E-state index in [0.717, 1.165) is 5.56 Å². The number of aliphatic hydroxyl groups is 1. The summed E-state index contributed by atoms with van der Waals surface area (Å²) in [6.45, 7) is 2.13. The van der Waals surface area contributed by atoms with E-state index in [1.165, 1.54) is 4.90 Å². The molecule has 150 valence electrons. The van der Waals surface area contributed by atoms with Crippen molar-refractivity contribution in [2.24, 2.45) is 5.92 Å². The number of halogens is 3. The van der Waals surface area contributed by atoms with Gasteiger partial charge in [-0.25, -0.2) is 0 Å². The molecule has 2 atom stereocenters. The second kappa shape index (κ2) is 8.22. The molecule has 0 spiro atoms. The lowest BCUT2D eigenvalue weighted by Crippen LogP contribution is -2.47. The molecule has 2 unspecified atom stereocenters. The summed E-state index contributed by atoms with van der Waals surface area (Å²) >= 11 is 0. The third-order valence-electron chi connectivity index (χ3n) is 4.86. The van der Waals surface area contributed by atoms with Crippen LogP contribution in [-0.2, 0) is 0 Å². The van der Waals surface area contributed by atoms with Crippen LogP contribution in [0.5, 0.6) is 11.5 Å². The van der Waals surface area contributed by atoms with E-state index < -0.39 is 24.1 Å². The summed E-state index contributed by atoms with van der Waals surface area (Å²) in [5.41, 5.74) is 1.28. The van der Waals surface area contributed by atoms with E-state index in [0.29, 0.717) is 24.5 Å². The number of hydrogen-bond acceptors (Lipinski definition) is 3. The molecule has 2 aromatic rings. The molecule has 7 heteroatoms. The first-order valence-corrected chi connectivity index (χ1v) is 9.13. The number of likely N-dealkylation sites (tertiary alicyclic amines) is 1. The van der Waals surface area contributed by atoms with Crippen molar-refractivity contribution in [3.05, 3.63) is 59.7 Å². The summed E-state index contributed by atoms with van der Waals surface area (Å²) in [5, 5.41) is 9.57. The molecule has 1 fully saturated rings. The summed E-state index contributed by atoms with van der Waals surface area (Å²) in [6.07, 6.45) is -6.49. The summed E-state index contributed by atoms with van der Waals surface area (Å²) < 4.78 is 44.4. The molecule has 1 saturated heterocycles. The number of carbonyl (C=O) groups excluding carboxylic acids is 1. The number of para-hydroxylation sites is 1. The number of piperidine rings is 1. The molecule has 28 heavy (non-hydrogen) atoms. The maximum atomic E-state index is 13.0. The third-order valence-corrected chi connectivity index (χ3v) is 4.86. The minimum absolute atomic E-state index is 0.141. The summed E-state index contributed by atoms with van der Waals surface area (Å²) in [4.78, 5) is 14.3. The third kappa shape index (κ3) is 4.65. The van der Waals surface area contributed by atoms with Crippen molar-refractivity contribution in [1.29, 1.82) is 0 Å². The van der Waals surface area contributed by atoms with Crippen LogP contribution in [0.1, 0.15) is 28.8 Å². The number of ether oxygens (including phenoxy) is 1. The Morgan fingerprint density at radius 2 is 1.96 bits per heavy atom. The molecule has 0 aromatic heterocycles. The Kier molecular flexibility index (Phi) is 5.93. The zero-order valence-electron chi connectivity index (χ0n) is 15.4. The SMILES string of the molecule is Cc1cccc(Oc2ccccc2C(=O)N2CCCC(C(O)C(F)(F)F)C2)c1. The van der Waals surface area contributed by atoms with E-state index in [1.807, 2.05) is 25.1 Å². The quantitative estimate of drug-likeness (QED) is 0.828. The zero-order valence-corrected chi connectivity index (χ0v) is 15.4. The second-order valence-electron chi connectivity index (χ2n) is 7.05. The van der Waals surface area contributed by atoms with E-state index in [2.05, 4.69) is 0 Å². The van der Waals surface area contributed by atoms with Gasteiger partial charge < -0.3 is 14.7 Å². The van der Waals surface area contributed by atoms with E-state index >= 15 is 0 Å². The van der Waals surface area contributed by atoms with Crippen LogP contribution in [0.25, 0.3) is 0 Å². The van der Waals surface area contributed by atoms with Crippen molar-refractivity contribution in [3.8, 4) is 11.5 Å². The first-order chi connectivity index (χ1) is 13.3. The molecule has 2 aromatic carbocycles. The lowest BCUT2D eigenvalue weighted by atomic mass is 9.91. The second-order valence-corrected chi connectivity index (χ2v) is 7.05. The molecule has 1 amide bonds. The number of aliphatic hydroxyl groups excluding tert-OH is 1. The Morgan fingerprint density at radius 1 is 1.21 bits per heavy atom. The highest BCUT2D eigenvalue weighted by atomic mass is 19.4. The van der Waals surface area contributed by atoms with Gasteiger partial charge in [0, 0.05) is 19.0 Å². The Labute approximate surface area is 161 Å². The first kappa shape index (κ1) is 20.2. The van der Waals surface area contributed by atoms with Gasteiger partial charge in [0.15, 0.2) is 6.10 Å². The van der Waals surface area contributed by atoms with Crippen LogP contribution in [0, 0.1) is 12.8 Å². The molecule has 1 aliphatic rings. The molecule has 0 bridgehead atoms. The highest BCUT2D eigenvalue weighted by Gasteiger charge is 2.45. The number of hydrogen-bond donors (Lipinski definition) is 1. The Bertz CT molecular complexity index is 838. The van der Waals surface area contributed by atoms with Gasteiger partial charge in [0.1, 0.15) is 11.5 Å². The largest absolute Gasteiger partial charge is 0.457 e. The zero-order chi connectivity index (χ0) is 20.3. The molecule has 4 nitrogen and oxygen atoms in total. The van der Waals surface area contributed by atoms with Gasteiger partial charge >= 0.3 is 6.18 Å². The van der Waals surface area contributed by atoms with E-state index in [1.54, 1.807) is 30.3 Å². The topological polar surface area (TPSA) is 49.8 Å². The van der Waals surface area contributed by atoms with Gasteiger partial charge in [-0.15, -0.1) is 0 Å². The number of alkyl halides is 3. The van der Waals surface area contributed by atoms with Crippen LogP contribution in [-0.4, -0.2) is 41.3 Å². The van der Waals surface area contributed by atoms with E-state index in [-0.39, 0.29) is 18.5 Å². The van der Waals surface area contributed by atoms with Crippen LogP contribution in [0.4, 0.5) is 13.2 Å². The smallest absolute Gasteiger partial charge is 0.414 e. The molecule has 0 radical (unpaired) electrons. The van der Waals surface area contributed by atoms with Gasteiger partial charge in [0.05, 0.1) is 5.56 Å². The minimum atomic E-state index is -4.69.